The Labute approximate surface area is 111 Å². The van der Waals surface area contributed by atoms with Gasteiger partial charge in [-0.2, -0.15) is 0 Å². The molecule has 1 aromatic carbocycles. The van der Waals surface area contributed by atoms with E-state index in [1.807, 2.05) is 30.3 Å². The minimum Gasteiger partial charge on any atom is -0.468 e. The number of amides is 1. The van der Waals surface area contributed by atoms with Crippen molar-refractivity contribution in [1.82, 2.24) is 4.90 Å². The van der Waals surface area contributed by atoms with Crippen molar-refractivity contribution in [3.63, 3.8) is 0 Å². The molecule has 1 amide bonds. The Morgan fingerprint density at radius 2 is 2.11 bits per heavy atom. The van der Waals surface area contributed by atoms with E-state index in [-0.39, 0.29) is 18.2 Å². The first-order valence-electron chi connectivity index (χ1n) is 6.29. The fourth-order valence-electron chi connectivity index (χ4n) is 2.80. The number of ether oxygens (including phenoxy) is 2. The predicted molar refractivity (Wildman–Crippen MR) is 65.9 cm³/mol. The summed E-state index contributed by atoms with van der Waals surface area (Å²) < 4.78 is 10.4. The van der Waals surface area contributed by atoms with E-state index in [1.165, 1.54) is 7.11 Å². The van der Waals surface area contributed by atoms with Crippen molar-refractivity contribution >= 4 is 11.9 Å². The number of carbonyl (C=O) groups excluding carboxylic acids is 2. The highest BCUT2D eigenvalue weighted by molar-refractivity contribution is 5.99. The monoisotopic (exact) mass is 261 g/mol. The Hall–Kier alpha value is -1.88. The van der Waals surface area contributed by atoms with Gasteiger partial charge in [0.25, 0.3) is 0 Å². The maximum Gasteiger partial charge on any atom is 0.318 e. The van der Waals surface area contributed by atoms with E-state index < -0.39 is 11.9 Å². The number of esters is 1. The van der Waals surface area contributed by atoms with Gasteiger partial charge in [-0.1, -0.05) is 30.3 Å². The van der Waals surface area contributed by atoms with Crippen molar-refractivity contribution in [2.45, 2.75) is 18.7 Å². The number of rotatable bonds is 2. The van der Waals surface area contributed by atoms with Crippen molar-refractivity contribution in [3.8, 4) is 0 Å². The van der Waals surface area contributed by atoms with Crippen molar-refractivity contribution in [2.75, 3.05) is 13.7 Å². The molecule has 19 heavy (non-hydrogen) atoms. The van der Waals surface area contributed by atoms with E-state index in [1.54, 1.807) is 4.90 Å². The molecule has 0 aromatic heterocycles. The molecule has 2 fully saturated rings. The minimum absolute atomic E-state index is 0.0261. The fraction of sp³-hybridized carbons (Fsp3) is 0.429. The third-order valence-corrected chi connectivity index (χ3v) is 3.72. The summed E-state index contributed by atoms with van der Waals surface area (Å²) >= 11 is 0. The van der Waals surface area contributed by atoms with Crippen LogP contribution < -0.4 is 0 Å². The zero-order valence-corrected chi connectivity index (χ0v) is 10.6. The van der Waals surface area contributed by atoms with Gasteiger partial charge in [-0.25, -0.2) is 0 Å². The largest absolute Gasteiger partial charge is 0.468 e. The summed E-state index contributed by atoms with van der Waals surface area (Å²) in [5.41, 5.74) is 0.934. The Balaban J connectivity index is 1.85. The second-order valence-corrected chi connectivity index (χ2v) is 4.81. The van der Waals surface area contributed by atoms with E-state index >= 15 is 0 Å². The highest BCUT2D eigenvalue weighted by atomic mass is 16.5. The molecule has 5 heteroatoms. The molecule has 0 saturated carbocycles. The lowest BCUT2D eigenvalue weighted by Crippen LogP contribution is -2.34. The molecule has 1 unspecified atom stereocenters. The normalized spacial score (nSPS) is 29.4. The van der Waals surface area contributed by atoms with Crippen LogP contribution in [0.25, 0.3) is 0 Å². The quantitative estimate of drug-likeness (QED) is 0.591. The van der Waals surface area contributed by atoms with Crippen LogP contribution >= 0.6 is 0 Å². The van der Waals surface area contributed by atoms with Crippen LogP contribution in [0.15, 0.2) is 30.3 Å². The third-order valence-electron chi connectivity index (χ3n) is 3.72. The summed E-state index contributed by atoms with van der Waals surface area (Å²) in [5, 5.41) is 0. The van der Waals surface area contributed by atoms with E-state index in [2.05, 4.69) is 4.74 Å². The summed E-state index contributed by atoms with van der Waals surface area (Å²) in [6.45, 7) is 0.471. The van der Waals surface area contributed by atoms with Crippen LogP contribution in [-0.4, -0.2) is 36.5 Å². The van der Waals surface area contributed by atoms with Crippen molar-refractivity contribution in [1.29, 1.82) is 0 Å². The first-order chi connectivity index (χ1) is 9.22. The van der Waals surface area contributed by atoms with E-state index in [0.717, 1.165) is 5.56 Å². The Morgan fingerprint density at radius 1 is 1.37 bits per heavy atom. The molecule has 0 bridgehead atoms. The van der Waals surface area contributed by atoms with Crippen LogP contribution in [0.3, 0.4) is 0 Å². The minimum atomic E-state index is -0.676. The lowest BCUT2D eigenvalue weighted by atomic mass is 10.1. The van der Waals surface area contributed by atoms with Crippen LogP contribution in [0.4, 0.5) is 0 Å². The van der Waals surface area contributed by atoms with E-state index in [0.29, 0.717) is 13.0 Å². The summed E-state index contributed by atoms with van der Waals surface area (Å²) in [6.07, 6.45) is 0.0998. The van der Waals surface area contributed by atoms with Gasteiger partial charge in [-0.05, 0) is 6.42 Å². The van der Waals surface area contributed by atoms with Gasteiger partial charge in [-0.3, -0.25) is 9.59 Å². The number of benzene rings is 1. The van der Waals surface area contributed by atoms with Gasteiger partial charge in [0.05, 0.1) is 19.8 Å². The highest BCUT2D eigenvalue weighted by Crippen LogP contribution is 2.39. The molecule has 0 N–H and O–H groups in total. The fourth-order valence-corrected chi connectivity index (χ4v) is 2.80. The Morgan fingerprint density at radius 3 is 2.79 bits per heavy atom. The zero-order chi connectivity index (χ0) is 13.4. The van der Waals surface area contributed by atoms with E-state index in [9.17, 15) is 9.59 Å². The number of hydrogen-bond acceptors (Lipinski definition) is 4. The Bertz CT molecular complexity index is 501. The van der Waals surface area contributed by atoms with Crippen molar-refractivity contribution in [2.24, 2.45) is 5.92 Å². The third kappa shape index (κ3) is 1.90. The molecule has 0 radical (unpaired) electrons. The van der Waals surface area contributed by atoms with Crippen LogP contribution in [-0.2, 0) is 19.1 Å². The molecule has 0 aliphatic carbocycles. The average Bonchev–Trinajstić information content (AvgIpc) is 3.00. The van der Waals surface area contributed by atoms with Gasteiger partial charge in [-0.15, -0.1) is 0 Å². The molecule has 0 spiro atoms. The van der Waals surface area contributed by atoms with Crippen LogP contribution in [0, 0.1) is 5.92 Å². The SMILES string of the molecule is COC(=O)C1C[C@H]2CO[C@@H](c3ccccc3)N2C1=O. The molecule has 3 atom stereocenters. The van der Waals surface area contributed by atoms with Crippen LogP contribution in [0.1, 0.15) is 18.2 Å². The van der Waals surface area contributed by atoms with Gasteiger partial charge in [0.15, 0.2) is 6.23 Å². The van der Waals surface area contributed by atoms with Crippen LogP contribution in [0.2, 0.25) is 0 Å². The number of fused-ring (bicyclic) bond motifs is 1. The van der Waals surface area contributed by atoms with Gasteiger partial charge >= 0.3 is 5.97 Å². The highest BCUT2D eigenvalue weighted by Gasteiger charge is 2.51. The van der Waals surface area contributed by atoms with E-state index in [4.69, 9.17) is 4.74 Å². The first-order valence-corrected chi connectivity index (χ1v) is 6.29. The van der Waals surface area contributed by atoms with Crippen molar-refractivity contribution in [3.05, 3.63) is 35.9 Å². The molecule has 2 aliphatic heterocycles. The molecular weight excluding hydrogens is 246 g/mol. The molecule has 5 nitrogen and oxygen atoms in total. The lowest BCUT2D eigenvalue weighted by molar-refractivity contribution is -0.152. The zero-order valence-electron chi connectivity index (χ0n) is 10.6. The van der Waals surface area contributed by atoms with Gasteiger partial charge < -0.3 is 14.4 Å². The summed E-state index contributed by atoms with van der Waals surface area (Å²) in [5.74, 6) is -1.32. The molecular formula is C14H15NO4. The lowest BCUT2D eigenvalue weighted by Gasteiger charge is -2.22. The topological polar surface area (TPSA) is 55.8 Å². The number of hydrogen-bond donors (Lipinski definition) is 0. The molecule has 2 aliphatic rings. The summed E-state index contributed by atoms with van der Waals surface area (Å²) in [4.78, 5) is 25.6. The maximum atomic E-state index is 12.3. The second-order valence-electron chi connectivity index (χ2n) is 4.81. The van der Waals surface area contributed by atoms with Gasteiger partial charge in [0, 0.05) is 5.56 Å². The number of methoxy groups -OCH3 is 1. The van der Waals surface area contributed by atoms with Gasteiger partial charge in [0.1, 0.15) is 5.92 Å². The standard InChI is InChI=1S/C14H15NO4/c1-18-14(17)11-7-10-8-19-13(15(10)12(11)16)9-5-3-2-4-6-9/h2-6,10-11,13H,7-8H2,1H3/t10-,11?,13-/m0/s1. The number of nitrogens with zero attached hydrogens (tertiary/aromatic N) is 1. The van der Waals surface area contributed by atoms with Gasteiger partial charge in [0.2, 0.25) is 5.91 Å². The first kappa shape index (κ1) is 12.2. The molecule has 1 aromatic rings. The second kappa shape index (κ2) is 4.66. The number of carbonyl (C=O) groups is 2. The predicted octanol–water partition coefficient (Wildman–Crippen LogP) is 1.11. The summed E-state index contributed by atoms with van der Waals surface area (Å²) in [6, 6.07) is 9.55. The Kier molecular flexibility index (Phi) is 2.98. The molecule has 100 valence electrons. The summed E-state index contributed by atoms with van der Waals surface area (Å²) in [7, 11) is 1.31. The maximum absolute atomic E-state index is 12.3. The average molecular weight is 261 g/mol. The smallest absolute Gasteiger partial charge is 0.318 e. The van der Waals surface area contributed by atoms with Crippen molar-refractivity contribution < 1.29 is 19.1 Å². The molecule has 2 heterocycles. The van der Waals surface area contributed by atoms with Crippen LogP contribution in [0.5, 0.6) is 0 Å². The molecule has 3 rings (SSSR count). The molecule has 2 saturated heterocycles.